The first-order valence-electron chi connectivity index (χ1n) is 9.71. The molecule has 0 fully saturated rings. The van der Waals surface area contributed by atoms with Gasteiger partial charge in [-0.1, -0.05) is 37.3 Å². The molecule has 1 N–H and O–H groups in total. The fourth-order valence-corrected chi connectivity index (χ4v) is 4.59. The van der Waals surface area contributed by atoms with E-state index in [1.165, 1.54) is 34.3 Å². The van der Waals surface area contributed by atoms with Gasteiger partial charge in [-0.3, -0.25) is 4.90 Å². The highest BCUT2D eigenvalue weighted by atomic mass is 19.1. The molecule has 2 aromatic carbocycles. The van der Waals surface area contributed by atoms with Crippen molar-refractivity contribution < 1.29 is 9.50 Å². The molecule has 2 heterocycles. The average Bonchev–Trinajstić information content (AvgIpc) is 2.96. The van der Waals surface area contributed by atoms with Crippen molar-refractivity contribution in [3.05, 3.63) is 71.2 Å². The standard InChI is InChI=1S/C23H27FN2O/c1-4-19-22-18-7-5-6-8-20(18)26(21(22)13-14-25(19)3)15-23(2,27)16-9-11-17(24)12-10-16/h5-12,19,27H,4,13-15H2,1-3H3/t19-,23?/m0/s1. The molecule has 1 aromatic heterocycles. The molecule has 4 rings (SSSR count). The van der Waals surface area contributed by atoms with E-state index in [-0.39, 0.29) is 5.82 Å². The number of benzene rings is 2. The third kappa shape index (κ3) is 3.07. The van der Waals surface area contributed by atoms with Crippen molar-refractivity contribution in [3.63, 3.8) is 0 Å². The number of hydrogen-bond donors (Lipinski definition) is 1. The molecule has 1 unspecified atom stereocenters. The van der Waals surface area contributed by atoms with E-state index in [9.17, 15) is 9.50 Å². The van der Waals surface area contributed by atoms with Crippen molar-refractivity contribution >= 4 is 10.9 Å². The Morgan fingerprint density at radius 2 is 1.85 bits per heavy atom. The molecule has 2 atom stereocenters. The minimum atomic E-state index is -1.08. The van der Waals surface area contributed by atoms with Crippen LogP contribution in [0, 0.1) is 5.82 Å². The monoisotopic (exact) mass is 366 g/mol. The molecule has 4 heteroatoms. The van der Waals surface area contributed by atoms with Crippen LogP contribution >= 0.6 is 0 Å². The van der Waals surface area contributed by atoms with Crippen LogP contribution in [0.5, 0.6) is 0 Å². The van der Waals surface area contributed by atoms with Gasteiger partial charge in [0.05, 0.1) is 6.54 Å². The van der Waals surface area contributed by atoms with E-state index >= 15 is 0 Å². The van der Waals surface area contributed by atoms with Crippen LogP contribution in [-0.4, -0.2) is 28.2 Å². The number of aromatic nitrogens is 1. The lowest BCUT2D eigenvalue weighted by Gasteiger charge is -2.34. The Morgan fingerprint density at radius 1 is 1.15 bits per heavy atom. The molecular weight excluding hydrogens is 339 g/mol. The van der Waals surface area contributed by atoms with Gasteiger partial charge in [-0.15, -0.1) is 0 Å². The van der Waals surface area contributed by atoms with Crippen molar-refractivity contribution in [2.45, 2.75) is 44.9 Å². The molecule has 0 amide bonds. The summed E-state index contributed by atoms with van der Waals surface area (Å²) in [6.07, 6.45) is 2.03. The number of para-hydroxylation sites is 1. The number of hydrogen-bond acceptors (Lipinski definition) is 2. The van der Waals surface area contributed by atoms with Gasteiger partial charge in [-0.05, 0) is 49.7 Å². The lowest BCUT2D eigenvalue weighted by Crippen LogP contribution is -2.34. The van der Waals surface area contributed by atoms with Gasteiger partial charge in [0.15, 0.2) is 0 Å². The molecule has 1 aliphatic heterocycles. The summed E-state index contributed by atoms with van der Waals surface area (Å²) in [4.78, 5) is 2.43. The summed E-state index contributed by atoms with van der Waals surface area (Å²) in [5.41, 5.74) is 3.54. The fourth-order valence-electron chi connectivity index (χ4n) is 4.59. The zero-order valence-electron chi connectivity index (χ0n) is 16.2. The summed E-state index contributed by atoms with van der Waals surface area (Å²) in [5.74, 6) is -0.285. The van der Waals surface area contributed by atoms with Crippen LogP contribution < -0.4 is 0 Å². The molecular formula is C23H27FN2O. The van der Waals surface area contributed by atoms with Crippen LogP contribution in [-0.2, 0) is 18.6 Å². The molecule has 0 bridgehead atoms. The summed E-state index contributed by atoms with van der Waals surface area (Å²) in [5, 5.41) is 12.5. The number of fused-ring (bicyclic) bond motifs is 3. The normalized spacial score (nSPS) is 19.8. The number of aliphatic hydroxyl groups is 1. The Balaban J connectivity index is 1.84. The lowest BCUT2D eigenvalue weighted by molar-refractivity contribution is 0.0382. The molecule has 0 spiro atoms. The van der Waals surface area contributed by atoms with Crippen LogP contribution in [0.4, 0.5) is 4.39 Å². The molecule has 3 aromatic rings. The van der Waals surface area contributed by atoms with Crippen molar-refractivity contribution in [3.8, 4) is 0 Å². The van der Waals surface area contributed by atoms with Crippen molar-refractivity contribution in [1.29, 1.82) is 0 Å². The summed E-state index contributed by atoms with van der Waals surface area (Å²) in [6, 6.07) is 15.1. The van der Waals surface area contributed by atoms with Gasteiger partial charge in [0, 0.05) is 35.6 Å². The number of rotatable bonds is 4. The smallest absolute Gasteiger partial charge is 0.123 e. The first-order chi connectivity index (χ1) is 12.9. The third-order valence-corrected chi connectivity index (χ3v) is 6.01. The second-order valence-electron chi connectivity index (χ2n) is 7.90. The van der Waals surface area contributed by atoms with Gasteiger partial charge in [-0.2, -0.15) is 0 Å². The van der Waals surface area contributed by atoms with Gasteiger partial charge in [0.25, 0.3) is 0 Å². The van der Waals surface area contributed by atoms with Crippen LogP contribution in [0.25, 0.3) is 10.9 Å². The van der Waals surface area contributed by atoms with Crippen molar-refractivity contribution in [2.75, 3.05) is 13.6 Å². The molecule has 27 heavy (non-hydrogen) atoms. The Hall–Kier alpha value is -2.17. The maximum atomic E-state index is 13.3. The molecule has 0 aliphatic carbocycles. The van der Waals surface area contributed by atoms with Crippen molar-refractivity contribution in [1.82, 2.24) is 9.47 Å². The van der Waals surface area contributed by atoms with E-state index in [0.29, 0.717) is 12.6 Å². The van der Waals surface area contributed by atoms with Crippen LogP contribution in [0.15, 0.2) is 48.5 Å². The number of halogens is 1. The highest BCUT2D eigenvalue weighted by Crippen LogP contribution is 2.40. The largest absolute Gasteiger partial charge is 0.384 e. The molecule has 0 saturated heterocycles. The van der Waals surface area contributed by atoms with E-state index in [1.807, 2.05) is 6.92 Å². The summed E-state index contributed by atoms with van der Waals surface area (Å²) < 4.78 is 15.6. The minimum absolute atomic E-state index is 0.285. The Labute approximate surface area is 160 Å². The van der Waals surface area contributed by atoms with E-state index in [0.717, 1.165) is 24.9 Å². The van der Waals surface area contributed by atoms with E-state index in [2.05, 4.69) is 47.7 Å². The van der Waals surface area contributed by atoms with E-state index in [4.69, 9.17) is 0 Å². The summed E-state index contributed by atoms with van der Waals surface area (Å²) >= 11 is 0. The Morgan fingerprint density at radius 3 is 2.56 bits per heavy atom. The molecule has 142 valence electrons. The number of nitrogens with zero attached hydrogens (tertiary/aromatic N) is 2. The van der Waals surface area contributed by atoms with Gasteiger partial charge < -0.3 is 9.67 Å². The quantitative estimate of drug-likeness (QED) is 0.729. The van der Waals surface area contributed by atoms with Crippen LogP contribution in [0.1, 0.15) is 43.1 Å². The second-order valence-corrected chi connectivity index (χ2v) is 7.90. The van der Waals surface area contributed by atoms with Crippen LogP contribution in [0.3, 0.4) is 0 Å². The zero-order valence-corrected chi connectivity index (χ0v) is 16.2. The maximum Gasteiger partial charge on any atom is 0.123 e. The Kier molecular flexibility index (Phi) is 4.57. The maximum absolute atomic E-state index is 13.3. The molecule has 0 radical (unpaired) electrons. The van der Waals surface area contributed by atoms with Crippen molar-refractivity contribution in [2.24, 2.45) is 0 Å². The zero-order chi connectivity index (χ0) is 19.2. The predicted octanol–water partition coefficient (Wildman–Crippen LogP) is 4.63. The Bertz CT molecular complexity index is 958. The predicted molar refractivity (Wildman–Crippen MR) is 107 cm³/mol. The molecule has 0 saturated carbocycles. The van der Waals surface area contributed by atoms with Gasteiger partial charge >= 0.3 is 0 Å². The summed E-state index contributed by atoms with van der Waals surface area (Å²) in [6.45, 7) is 5.51. The number of likely N-dealkylation sites (N-methyl/N-ethyl adjacent to an activating group) is 1. The highest BCUT2D eigenvalue weighted by molar-refractivity contribution is 5.86. The van der Waals surface area contributed by atoms with Crippen LogP contribution in [0.2, 0.25) is 0 Å². The van der Waals surface area contributed by atoms with E-state index in [1.54, 1.807) is 12.1 Å². The first-order valence-corrected chi connectivity index (χ1v) is 9.71. The van der Waals surface area contributed by atoms with Gasteiger partial charge in [0.2, 0.25) is 0 Å². The fraction of sp³-hybridized carbons (Fsp3) is 0.391. The van der Waals surface area contributed by atoms with Gasteiger partial charge in [-0.25, -0.2) is 4.39 Å². The third-order valence-electron chi connectivity index (χ3n) is 6.01. The SMILES string of the molecule is CC[C@H]1c2c(n(CC(C)(O)c3ccc(F)cc3)c3ccccc23)CCN1C. The molecule has 3 nitrogen and oxygen atoms in total. The lowest BCUT2D eigenvalue weighted by atomic mass is 9.93. The highest BCUT2D eigenvalue weighted by Gasteiger charge is 2.32. The van der Waals surface area contributed by atoms with E-state index < -0.39 is 5.60 Å². The first kappa shape index (κ1) is 18.2. The second kappa shape index (κ2) is 6.77. The molecule has 1 aliphatic rings. The minimum Gasteiger partial charge on any atom is -0.384 e. The average molecular weight is 366 g/mol. The summed E-state index contributed by atoms with van der Waals surface area (Å²) in [7, 11) is 2.19. The topological polar surface area (TPSA) is 28.4 Å². The van der Waals surface area contributed by atoms with Gasteiger partial charge in [0.1, 0.15) is 11.4 Å².